The molecule has 0 radical (unpaired) electrons. The van der Waals surface area contributed by atoms with Crippen molar-refractivity contribution in [1.82, 2.24) is 15.0 Å². The first kappa shape index (κ1) is 32.3. The number of hydrogen-bond acceptors (Lipinski definition) is 5. The van der Waals surface area contributed by atoms with Crippen LogP contribution in [0.4, 0.5) is 0 Å². The highest BCUT2D eigenvalue weighted by Crippen LogP contribution is 2.44. The Morgan fingerprint density at radius 3 is 1.80 bits per heavy atom. The van der Waals surface area contributed by atoms with Crippen molar-refractivity contribution in [2.75, 3.05) is 7.11 Å². The molecule has 0 saturated heterocycles. The summed E-state index contributed by atoms with van der Waals surface area (Å²) in [6.07, 6.45) is 0. The number of para-hydroxylation sites is 1. The number of furan rings is 1. The Labute approximate surface area is 318 Å². The molecule has 2 heterocycles. The molecule has 0 aliphatic carbocycles. The van der Waals surface area contributed by atoms with Crippen molar-refractivity contribution in [3.05, 3.63) is 182 Å². The van der Waals surface area contributed by atoms with Crippen LogP contribution in [0.3, 0.4) is 0 Å². The number of fused-ring (bicyclic) bond motifs is 4. The molecule has 55 heavy (non-hydrogen) atoms. The second-order valence-electron chi connectivity index (χ2n) is 13.6. The maximum Gasteiger partial charge on any atom is 0.164 e. The lowest BCUT2D eigenvalue weighted by Gasteiger charge is -2.16. The van der Waals surface area contributed by atoms with E-state index in [-0.39, 0.29) is 0 Å². The number of hydrogen-bond donors (Lipinski definition) is 0. The normalized spacial score (nSPS) is 11.4. The molecule has 0 spiro atoms. The van der Waals surface area contributed by atoms with Crippen LogP contribution in [0.5, 0.6) is 5.75 Å². The summed E-state index contributed by atoms with van der Waals surface area (Å²) in [7, 11) is 1.71. The average molecular weight is 708 g/mol. The lowest BCUT2D eigenvalue weighted by molar-refractivity contribution is 0.416. The van der Waals surface area contributed by atoms with Crippen LogP contribution in [0.2, 0.25) is 0 Å². The van der Waals surface area contributed by atoms with E-state index < -0.39 is 0 Å². The molecule has 0 saturated carbocycles. The molecule has 0 atom stereocenters. The smallest absolute Gasteiger partial charge is 0.164 e. The molecule has 5 heteroatoms. The van der Waals surface area contributed by atoms with Gasteiger partial charge < -0.3 is 9.15 Å². The predicted octanol–water partition coefficient (Wildman–Crippen LogP) is 12.9. The SMILES string of the molecule is COc1cccc(-c2cc(-c3nc(-c4ccc(-c5ccccc5)cc4)nc(-c4ccc5ccccc5c4)n3)c3c(c2)oc2ccccc23)c1-c1ccccc1. The number of rotatable bonds is 7. The fraction of sp³-hybridized carbons (Fsp3) is 0.0200. The lowest BCUT2D eigenvalue weighted by atomic mass is 9.91. The summed E-state index contributed by atoms with van der Waals surface area (Å²) in [5, 5.41) is 4.22. The molecule has 10 aromatic rings. The van der Waals surface area contributed by atoms with Gasteiger partial charge in [-0.05, 0) is 68.9 Å². The molecule has 0 N–H and O–H groups in total. The van der Waals surface area contributed by atoms with Crippen molar-refractivity contribution < 1.29 is 9.15 Å². The van der Waals surface area contributed by atoms with Gasteiger partial charge >= 0.3 is 0 Å². The minimum atomic E-state index is 0.558. The summed E-state index contributed by atoms with van der Waals surface area (Å²) >= 11 is 0. The van der Waals surface area contributed by atoms with Gasteiger partial charge in [0.05, 0.1) is 7.11 Å². The third kappa shape index (κ3) is 5.88. The number of benzene rings is 8. The third-order valence-electron chi connectivity index (χ3n) is 10.2. The molecule has 260 valence electrons. The van der Waals surface area contributed by atoms with Crippen molar-refractivity contribution in [3.63, 3.8) is 0 Å². The van der Waals surface area contributed by atoms with Crippen LogP contribution in [0, 0.1) is 0 Å². The van der Waals surface area contributed by atoms with Gasteiger partial charge in [0.2, 0.25) is 0 Å². The van der Waals surface area contributed by atoms with Crippen LogP contribution in [0.15, 0.2) is 186 Å². The van der Waals surface area contributed by atoms with Crippen molar-refractivity contribution in [2.45, 2.75) is 0 Å². The number of nitrogens with zero attached hydrogens (tertiary/aromatic N) is 3. The Balaban J connectivity index is 1.23. The molecule has 0 aliphatic heterocycles. The highest BCUT2D eigenvalue weighted by molar-refractivity contribution is 6.13. The van der Waals surface area contributed by atoms with Gasteiger partial charge in [-0.25, -0.2) is 15.0 Å². The Morgan fingerprint density at radius 1 is 0.400 bits per heavy atom. The third-order valence-corrected chi connectivity index (χ3v) is 10.2. The van der Waals surface area contributed by atoms with Gasteiger partial charge in [0.15, 0.2) is 17.5 Å². The van der Waals surface area contributed by atoms with Crippen LogP contribution >= 0.6 is 0 Å². The summed E-state index contributed by atoms with van der Waals surface area (Å²) in [6.45, 7) is 0. The summed E-state index contributed by atoms with van der Waals surface area (Å²) < 4.78 is 12.6. The summed E-state index contributed by atoms with van der Waals surface area (Å²) in [5.74, 6) is 2.53. The number of aromatic nitrogens is 3. The van der Waals surface area contributed by atoms with Crippen molar-refractivity contribution in [2.24, 2.45) is 0 Å². The highest BCUT2D eigenvalue weighted by atomic mass is 16.5. The number of methoxy groups -OCH3 is 1. The standard InChI is InChI=1S/C50H33N3O2/c1-54-44-22-12-20-40(46(44)35-16-6-3-7-17-35)39-30-42(47-41-19-10-11-21-43(41)55-45(47)31-39)50-52-48(36-26-23-34(24-27-36)32-13-4-2-5-14-32)51-49(53-50)38-28-25-33-15-8-9-18-37(33)29-38/h2-31H,1H3. The van der Waals surface area contributed by atoms with Gasteiger partial charge in [-0.1, -0.05) is 152 Å². The van der Waals surface area contributed by atoms with E-state index in [2.05, 4.69) is 127 Å². The fourth-order valence-corrected chi connectivity index (χ4v) is 7.56. The van der Waals surface area contributed by atoms with Crippen LogP contribution in [-0.4, -0.2) is 22.1 Å². The van der Waals surface area contributed by atoms with Crippen molar-refractivity contribution >= 4 is 32.7 Å². The van der Waals surface area contributed by atoms with E-state index in [4.69, 9.17) is 24.1 Å². The molecule has 0 unspecified atom stereocenters. The summed E-state index contributed by atoms with van der Waals surface area (Å²) in [4.78, 5) is 15.7. The highest BCUT2D eigenvalue weighted by Gasteiger charge is 2.22. The molecule has 0 aliphatic rings. The molecule has 5 nitrogen and oxygen atoms in total. The first-order chi connectivity index (χ1) is 27.2. The lowest BCUT2D eigenvalue weighted by Crippen LogP contribution is -2.01. The fourth-order valence-electron chi connectivity index (χ4n) is 7.56. The van der Waals surface area contributed by atoms with Crippen LogP contribution in [0.1, 0.15) is 0 Å². The Bertz CT molecular complexity index is 3010. The topological polar surface area (TPSA) is 61.0 Å². The van der Waals surface area contributed by atoms with Crippen LogP contribution < -0.4 is 4.74 Å². The zero-order valence-electron chi connectivity index (χ0n) is 30.0. The predicted molar refractivity (Wildman–Crippen MR) is 224 cm³/mol. The first-order valence-electron chi connectivity index (χ1n) is 18.3. The number of ether oxygens (including phenoxy) is 1. The molecule has 2 aromatic heterocycles. The minimum absolute atomic E-state index is 0.558. The van der Waals surface area contributed by atoms with E-state index in [0.717, 1.165) is 88.5 Å². The summed E-state index contributed by atoms with van der Waals surface area (Å²) in [5.41, 5.74) is 10.5. The second-order valence-corrected chi connectivity index (χ2v) is 13.6. The van der Waals surface area contributed by atoms with Gasteiger partial charge in [-0.15, -0.1) is 0 Å². The van der Waals surface area contributed by atoms with Crippen LogP contribution in [-0.2, 0) is 0 Å². The van der Waals surface area contributed by atoms with E-state index in [1.54, 1.807) is 7.11 Å². The van der Waals surface area contributed by atoms with E-state index in [0.29, 0.717) is 17.5 Å². The molecule has 0 bridgehead atoms. The Kier molecular flexibility index (Phi) is 7.96. The zero-order valence-corrected chi connectivity index (χ0v) is 30.0. The molecular formula is C50H33N3O2. The maximum atomic E-state index is 6.61. The van der Waals surface area contributed by atoms with E-state index in [1.165, 1.54) is 0 Å². The first-order valence-corrected chi connectivity index (χ1v) is 18.3. The van der Waals surface area contributed by atoms with E-state index >= 15 is 0 Å². The van der Waals surface area contributed by atoms with Gasteiger partial charge in [0.25, 0.3) is 0 Å². The zero-order chi connectivity index (χ0) is 36.7. The average Bonchev–Trinajstić information content (AvgIpc) is 3.65. The molecule has 0 fully saturated rings. The monoisotopic (exact) mass is 707 g/mol. The summed E-state index contributed by atoms with van der Waals surface area (Å²) in [6, 6.07) is 62.5. The molecule has 10 rings (SSSR count). The Hall–Kier alpha value is -7.37. The van der Waals surface area contributed by atoms with Crippen molar-refractivity contribution in [1.29, 1.82) is 0 Å². The van der Waals surface area contributed by atoms with E-state index in [1.807, 2.05) is 54.6 Å². The quantitative estimate of drug-likeness (QED) is 0.165. The van der Waals surface area contributed by atoms with Gasteiger partial charge in [0.1, 0.15) is 16.9 Å². The van der Waals surface area contributed by atoms with Gasteiger partial charge in [0, 0.05) is 33.0 Å². The van der Waals surface area contributed by atoms with Gasteiger partial charge in [-0.2, -0.15) is 0 Å². The minimum Gasteiger partial charge on any atom is -0.496 e. The van der Waals surface area contributed by atoms with E-state index in [9.17, 15) is 0 Å². The van der Waals surface area contributed by atoms with Crippen LogP contribution in [0.25, 0.3) is 100 Å². The molecule has 0 amide bonds. The maximum absolute atomic E-state index is 6.61. The molecular weight excluding hydrogens is 675 g/mol. The Morgan fingerprint density at radius 2 is 1.02 bits per heavy atom. The second kappa shape index (κ2) is 13.6. The van der Waals surface area contributed by atoms with Gasteiger partial charge in [-0.3, -0.25) is 0 Å². The van der Waals surface area contributed by atoms with Crippen molar-refractivity contribution in [3.8, 4) is 73.3 Å². The largest absolute Gasteiger partial charge is 0.496 e. The molecule has 8 aromatic carbocycles.